The van der Waals surface area contributed by atoms with Crippen LogP contribution in [-0.2, 0) is 27.2 Å². The van der Waals surface area contributed by atoms with Gasteiger partial charge < -0.3 is 27.2 Å². The lowest BCUT2D eigenvalue weighted by Gasteiger charge is -2.57. The van der Waals surface area contributed by atoms with Gasteiger partial charge in [-0.1, -0.05) is 83.1 Å². The van der Waals surface area contributed by atoms with Crippen molar-refractivity contribution in [3.63, 3.8) is 0 Å². The predicted molar refractivity (Wildman–Crippen MR) is 192 cm³/mol. The van der Waals surface area contributed by atoms with Crippen LogP contribution in [0.3, 0.4) is 0 Å². The highest BCUT2D eigenvalue weighted by Gasteiger charge is 2.63. The summed E-state index contributed by atoms with van der Waals surface area (Å²) in [6.07, 6.45) is 0.355. The summed E-state index contributed by atoms with van der Waals surface area (Å²) in [5, 5.41) is 0.149. The van der Waals surface area contributed by atoms with E-state index < -0.39 is 39.1 Å². The molecule has 2 heterocycles. The number of rotatable bonds is 9. The summed E-state index contributed by atoms with van der Waals surface area (Å²) in [7, 11) is -8.86. The summed E-state index contributed by atoms with van der Waals surface area (Å²) in [6.45, 7) is 47.4. The third-order valence-corrected chi connectivity index (χ3v) is 29.8. The van der Waals surface area contributed by atoms with Gasteiger partial charge >= 0.3 is 0 Å². The van der Waals surface area contributed by atoms with E-state index in [0.29, 0.717) is 13.2 Å². The average molecular weight is 677 g/mol. The van der Waals surface area contributed by atoms with E-state index in [2.05, 4.69) is 135 Å². The van der Waals surface area contributed by atoms with E-state index in [0.717, 1.165) is 12.8 Å². The Morgan fingerprint density at radius 2 is 0.977 bits per heavy atom. The van der Waals surface area contributed by atoms with Gasteiger partial charge in [0.05, 0.1) is 13.2 Å². The largest absolute Gasteiger partial charge is 0.414 e. The first kappa shape index (κ1) is 39.8. The number of hydrogen-bond acceptors (Lipinski definition) is 6. The molecule has 0 aromatic carbocycles. The topological polar surface area (TPSA) is 55.4 Å². The smallest absolute Gasteiger partial charge is 0.196 e. The molecule has 10 heteroatoms. The highest BCUT2D eigenvalue weighted by atomic mass is 28.4. The molecule has 2 aliphatic heterocycles. The molecule has 1 spiro atoms. The van der Waals surface area contributed by atoms with Gasteiger partial charge in [-0.3, -0.25) is 0 Å². The zero-order valence-electron chi connectivity index (χ0n) is 32.1. The number of hydrogen-bond donors (Lipinski definition) is 0. The Kier molecular flexibility index (Phi) is 11.6. The van der Waals surface area contributed by atoms with Crippen molar-refractivity contribution in [3.05, 3.63) is 0 Å². The highest BCUT2D eigenvalue weighted by Crippen LogP contribution is 2.50. The second-order valence-corrected chi connectivity index (χ2v) is 38.6. The molecule has 2 saturated heterocycles. The Morgan fingerprint density at radius 3 is 1.35 bits per heavy atom. The standard InChI is InChI=1S/C33H72O6Si4/c1-29(2,3)40(13,14)35-24-25-26(37-41(15,16)30(4,5)6)27(38-42(17,18)31(7,8)9)28(33(36-25)22-21-23-34-33)39-43(19,20)32(10,11)12/h25-28H,21-24H2,1-20H3/t25-,26+,27+,28-,33+/m1/s1. The molecule has 256 valence electrons. The Hall–Kier alpha value is 0.628. The zero-order valence-corrected chi connectivity index (χ0v) is 36.1. The van der Waals surface area contributed by atoms with Crippen LogP contribution in [0, 0.1) is 0 Å². The van der Waals surface area contributed by atoms with Crippen LogP contribution in [-0.4, -0.2) is 76.7 Å². The first-order valence-electron chi connectivity index (χ1n) is 16.8. The SMILES string of the molecule is CC(C)(C)[Si](C)(C)OC[C@H]1O[C@@]2(CCCO2)[C@H](O[Si](C)(C)C(C)(C)C)[C@@H](O[Si](C)(C)C(C)(C)C)[C@H]1O[Si](C)(C)C(C)(C)C. The molecule has 0 unspecified atom stereocenters. The van der Waals surface area contributed by atoms with E-state index >= 15 is 0 Å². The van der Waals surface area contributed by atoms with Crippen molar-refractivity contribution in [1.29, 1.82) is 0 Å². The third-order valence-electron chi connectivity index (χ3n) is 11.9. The quantitative estimate of drug-likeness (QED) is 0.227. The minimum Gasteiger partial charge on any atom is -0.414 e. The molecular formula is C33H72O6Si4. The summed E-state index contributed by atoms with van der Waals surface area (Å²) in [6, 6.07) is 0. The number of ether oxygens (including phenoxy) is 2. The predicted octanol–water partition coefficient (Wildman–Crippen LogP) is 10.1. The molecule has 0 aliphatic carbocycles. The molecule has 0 amide bonds. The van der Waals surface area contributed by atoms with Gasteiger partial charge in [0, 0.05) is 6.42 Å². The first-order chi connectivity index (χ1) is 18.8. The summed E-state index contributed by atoms with van der Waals surface area (Å²) in [5.74, 6) is -0.878. The maximum Gasteiger partial charge on any atom is 0.196 e. The van der Waals surface area contributed by atoms with Crippen LogP contribution in [0.5, 0.6) is 0 Å². The minimum atomic E-state index is -2.28. The first-order valence-corrected chi connectivity index (χ1v) is 28.4. The lowest BCUT2D eigenvalue weighted by molar-refractivity contribution is -0.341. The average Bonchev–Trinajstić information content (AvgIpc) is 3.22. The second-order valence-electron chi connectivity index (χ2n) is 19.5. The van der Waals surface area contributed by atoms with Crippen LogP contribution in [0.25, 0.3) is 0 Å². The molecule has 43 heavy (non-hydrogen) atoms. The van der Waals surface area contributed by atoms with E-state index in [1.807, 2.05) is 0 Å². The molecule has 2 aliphatic rings. The van der Waals surface area contributed by atoms with E-state index in [1.165, 1.54) is 0 Å². The second kappa shape index (κ2) is 12.6. The van der Waals surface area contributed by atoms with Gasteiger partial charge in [0.1, 0.15) is 24.4 Å². The fraction of sp³-hybridized carbons (Fsp3) is 1.00. The molecule has 0 bridgehead atoms. The molecule has 5 atom stereocenters. The van der Waals surface area contributed by atoms with E-state index in [9.17, 15) is 0 Å². The van der Waals surface area contributed by atoms with E-state index in [4.69, 9.17) is 27.2 Å². The Balaban J connectivity index is 2.81. The van der Waals surface area contributed by atoms with E-state index in [1.54, 1.807) is 0 Å². The van der Waals surface area contributed by atoms with Gasteiger partial charge in [-0.25, -0.2) is 0 Å². The van der Waals surface area contributed by atoms with Crippen molar-refractivity contribution in [1.82, 2.24) is 0 Å². The minimum absolute atomic E-state index is 0.0190. The molecule has 0 aromatic heterocycles. The fourth-order valence-electron chi connectivity index (χ4n) is 4.57. The summed E-state index contributed by atoms with van der Waals surface area (Å²) in [5.41, 5.74) is 0. The highest BCUT2D eigenvalue weighted by molar-refractivity contribution is 6.75. The molecule has 2 rings (SSSR count). The van der Waals surface area contributed by atoms with E-state index in [-0.39, 0.29) is 44.6 Å². The van der Waals surface area contributed by atoms with Crippen molar-refractivity contribution in [2.45, 2.75) is 199 Å². The summed E-state index contributed by atoms with van der Waals surface area (Å²) < 4.78 is 43.2. The fourth-order valence-corrected chi connectivity index (χ4v) is 9.50. The zero-order chi connectivity index (χ0) is 33.9. The van der Waals surface area contributed by atoms with Gasteiger partial charge in [-0.15, -0.1) is 0 Å². The Labute approximate surface area is 271 Å². The van der Waals surface area contributed by atoms with Crippen LogP contribution < -0.4 is 0 Å². The summed E-state index contributed by atoms with van der Waals surface area (Å²) >= 11 is 0. The van der Waals surface area contributed by atoms with Crippen LogP contribution in [0.1, 0.15) is 95.9 Å². The molecule has 0 N–H and O–H groups in total. The van der Waals surface area contributed by atoms with Crippen molar-refractivity contribution in [3.8, 4) is 0 Å². The van der Waals surface area contributed by atoms with Gasteiger partial charge in [0.15, 0.2) is 39.1 Å². The summed E-state index contributed by atoms with van der Waals surface area (Å²) in [4.78, 5) is 0. The van der Waals surface area contributed by atoms with Crippen molar-refractivity contribution in [2.24, 2.45) is 0 Å². The maximum absolute atomic E-state index is 7.53. The molecule has 0 radical (unpaired) electrons. The van der Waals surface area contributed by atoms with Gasteiger partial charge in [-0.05, 0) is 78.9 Å². The van der Waals surface area contributed by atoms with Crippen LogP contribution >= 0.6 is 0 Å². The van der Waals surface area contributed by atoms with Gasteiger partial charge in [-0.2, -0.15) is 0 Å². The monoisotopic (exact) mass is 676 g/mol. The lowest BCUT2D eigenvalue weighted by atomic mass is 9.91. The van der Waals surface area contributed by atoms with Crippen molar-refractivity contribution < 1.29 is 27.2 Å². The lowest BCUT2D eigenvalue weighted by Crippen LogP contribution is -2.72. The third kappa shape index (κ3) is 8.76. The normalized spacial score (nSPS) is 29.0. The van der Waals surface area contributed by atoms with Crippen LogP contribution in [0.15, 0.2) is 0 Å². The van der Waals surface area contributed by atoms with Crippen molar-refractivity contribution in [2.75, 3.05) is 13.2 Å². The van der Waals surface area contributed by atoms with Gasteiger partial charge in [0.2, 0.25) is 0 Å². The Bertz CT molecular complexity index is 931. The maximum atomic E-state index is 7.53. The van der Waals surface area contributed by atoms with Crippen LogP contribution in [0.2, 0.25) is 72.5 Å². The Morgan fingerprint density at radius 1 is 0.581 bits per heavy atom. The van der Waals surface area contributed by atoms with Gasteiger partial charge in [0.25, 0.3) is 0 Å². The van der Waals surface area contributed by atoms with Crippen molar-refractivity contribution >= 4 is 33.3 Å². The molecular weight excluding hydrogens is 605 g/mol. The van der Waals surface area contributed by atoms with Crippen LogP contribution in [0.4, 0.5) is 0 Å². The molecule has 0 saturated carbocycles. The molecule has 6 nitrogen and oxygen atoms in total. The molecule has 0 aromatic rings. The molecule has 2 fully saturated rings.